The Morgan fingerprint density at radius 2 is 1.37 bits per heavy atom. The molecule has 0 spiro atoms. The van der Waals surface area contributed by atoms with Gasteiger partial charge in [0.25, 0.3) is 0 Å². The lowest BCUT2D eigenvalue weighted by atomic mass is 9.81. The summed E-state index contributed by atoms with van der Waals surface area (Å²) in [6.45, 7) is 15.1. The summed E-state index contributed by atoms with van der Waals surface area (Å²) in [6.07, 6.45) is 0. The topological polar surface area (TPSA) is 38.0 Å². The third-order valence-corrected chi connectivity index (χ3v) is 3.12. The van der Waals surface area contributed by atoms with Gasteiger partial charge in [-0.15, -0.1) is 0 Å². The summed E-state index contributed by atoms with van der Waals surface area (Å²) in [6, 6.07) is 11.5. The van der Waals surface area contributed by atoms with Crippen molar-refractivity contribution in [1.29, 1.82) is 0 Å². The molecule has 0 radical (unpaired) electrons. The summed E-state index contributed by atoms with van der Waals surface area (Å²) in [5.41, 5.74) is 6.55. The van der Waals surface area contributed by atoms with Crippen molar-refractivity contribution in [3.05, 3.63) is 35.9 Å². The summed E-state index contributed by atoms with van der Waals surface area (Å²) < 4.78 is 0. The zero-order chi connectivity index (χ0) is 15.1. The zero-order valence-corrected chi connectivity index (χ0v) is 13.7. The van der Waals surface area contributed by atoms with E-state index in [1.165, 1.54) is 5.56 Å². The first kappa shape index (κ1) is 18.1. The van der Waals surface area contributed by atoms with E-state index >= 15 is 0 Å². The Kier molecular flexibility index (Phi) is 7.96. The molecule has 0 aliphatic heterocycles. The van der Waals surface area contributed by atoms with E-state index < -0.39 is 0 Å². The fraction of sp³-hybridized carbons (Fsp3) is 0.647. The van der Waals surface area contributed by atoms with Crippen LogP contribution < -0.4 is 11.1 Å². The lowest BCUT2D eigenvalue weighted by Crippen LogP contribution is -2.47. The van der Waals surface area contributed by atoms with E-state index in [-0.39, 0.29) is 5.54 Å². The second kappa shape index (κ2) is 8.34. The molecular formula is C17H32N2. The average Bonchev–Trinajstić information content (AvgIpc) is 2.28. The molecule has 0 amide bonds. The van der Waals surface area contributed by atoms with Crippen molar-refractivity contribution in [3.63, 3.8) is 0 Å². The quantitative estimate of drug-likeness (QED) is 0.865. The van der Waals surface area contributed by atoms with Gasteiger partial charge >= 0.3 is 0 Å². The molecule has 3 N–H and O–H groups in total. The Morgan fingerprint density at radius 1 is 0.947 bits per heavy atom. The maximum absolute atomic E-state index is 5.11. The van der Waals surface area contributed by atoms with Crippen LogP contribution in [0.15, 0.2) is 30.3 Å². The maximum atomic E-state index is 5.11. The molecule has 1 rings (SSSR count). The van der Waals surface area contributed by atoms with Crippen molar-refractivity contribution >= 4 is 0 Å². The van der Waals surface area contributed by atoms with Crippen LogP contribution in [0.25, 0.3) is 0 Å². The lowest BCUT2D eigenvalue weighted by molar-refractivity contribution is 0.245. The minimum atomic E-state index is 0.0649. The molecule has 0 saturated heterocycles. The molecule has 2 nitrogen and oxygen atoms in total. The first-order valence-corrected chi connectivity index (χ1v) is 7.29. The minimum Gasteiger partial charge on any atom is -0.328 e. The molecule has 2 heteroatoms. The van der Waals surface area contributed by atoms with E-state index in [1.54, 1.807) is 0 Å². The predicted octanol–water partition coefficient (Wildman–Crippen LogP) is 3.91. The van der Waals surface area contributed by atoms with E-state index in [9.17, 15) is 0 Å². The molecule has 1 atom stereocenters. The standard InChI is InChI=1S/C14H23N.C3H9N/c1-11(2)14(5,15-12(3)4)13-9-7-6-8-10-13;1-3(2)4/h6-12,15H,1-5H3;3H,4H2,1-2H3. The molecule has 0 saturated carbocycles. The molecule has 19 heavy (non-hydrogen) atoms. The van der Waals surface area contributed by atoms with Crippen LogP contribution in [0.5, 0.6) is 0 Å². The fourth-order valence-corrected chi connectivity index (χ4v) is 1.97. The largest absolute Gasteiger partial charge is 0.328 e. The van der Waals surface area contributed by atoms with Crippen LogP contribution in [0.2, 0.25) is 0 Å². The zero-order valence-electron chi connectivity index (χ0n) is 13.7. The van der Waals surface area contributed by atoms with Crippen molar-refractivity contribution in [1.82, 2.24) is 5.32 Å². The highest BCUT2D eigenvalue weighted by Crippen LogP contribution is 2.29. The molecule has 0 bridgehead atoms. The van der Waals surface area contributed by atoms with Crippen LogP contribution in [0.3, 0.4) is 0 Å². The van der Waals surface area contributed by atoms with Gasteiger partial charge in [-0.25, -0.2) is 0 Å². The number of benzene rings is 1. The number of nitrogens with two attached hydrogens (primary N) is 1. The highest BCUT2D eigenvalue weighted by atomic mass is 15.0. The molecule has 0 aliphatic rings. The Morgan fingerprint density at radius 3 is 1.68 bits per heavy atom. The Balaban J connectivity index is 0.000000711. The summed E-state index contributed by atoms with van der Waals surface area (Å²) in [7, 11) is 0. The second-order valence-electron chi connectivity index (χ2n) is 6.27. The van der Waals surface area contributed by atoms with Gasteiger partial charge < -0.3 is 11.1 Å². The molecule has 1 unspecified atom stereocenters. The average molecular weight is 264 g/mol. The van der Waals surface area contributed by atoms with E-state index in [4.69, 9.17) is 5.73 Å². The number of hydrogen-bond acceptors (Lipinski definition) is 2. The van der Waals surface area contributed by atoms with Crippen LogP contribution in [0, 0.1) is 5.92 Å². The molecule has 110 valence electrons. The summed E-state index contributed by atoms with van der Waals surface area (Å²) >= 11 is 0. The highest BCUT2D eigenvalue weighted by Gasteiger charge is 2.30. The SMILES string of the molecule is CC(C)N.CC(C)NC(C)(c1ccccc1)C(C)C. The maximum Gasteiger partial charge on any atom is 0.0431 e. The normalized spacial score (nSPS) is 14.3. The Labute approximate surface area is 119 Å². The summed E-state index contributed by atoms with van der Waals surface area (Å²) in [5.74, 6) is 0.572. The number of hydrogen-bond donors (Lipinski definition) is 2. The van der Waals surface area contributed by atoms with E-state index in [0.29, 0.717) is 18.0 Å². The van der Waals surface area contributed by atoms with Crippen LogP contribution in [0.1, 0.15) is 54.0 Å². The molecule has 1 aromatic rings. The third-order valence-electron chi connectivity index (χ3n) is 3.12. The minimum absolute atomic E-state index is 0.0649. The van der Waals surface area contributed by atoms with Gasteiger partial charge in [0.15, 0.2) is 0 Å². The van der Waals surface area contributed by atoms with Crippen LogP contribution >= 0.6 is 0 Å². The van der Waals surface area contributed by atoms with Crippen molar-refractivity contribution in [2.75, 3.05) is 0 Å². The first-order valence-electron chi connectivity index (χ1n) is 7.29. The Hall–Kier alpha value is -0.860. The van der Waals surface area contributed by atoms with Gasteiger partial charge in [-0.3, -0.25) is 0 Å². The molecule has 1 aromatic carbocycles. The van der Waals surface area contributed by atoms with E-state index in [2.05, 4.69) is 70.3 Å². The second-order valence-corrected chi connectivity index (χ2v) is 6.27. The summed E-state index contributed by atoms with van der Waals surface area (Å²) in [5, 5.41) is 3.67. The predicted molar refractivity (Wildman–Crippen MR) is 86.2 cm³/mol. The van der Waals surface area contributed by atoms with Gasteiger partial charge in [-0.05, 0) is 24.4 Å². The van der Waals surface area contributed by atoms with Gasteiger partial charge in [0.05, 0.1) is 0 Å². The third kappa shape index (κ3) is 6.74. The summed E-state index contributed by atoms with van der Waals surface area (Å²) in [4.78, 5) is 0. The van der Waals surface area contributed by atoms with Gasteiger partial charge in [-0.2, -0.15) is 0 Å². The van der Waals surface area contributed by atoms with Crippen LogP contribution in [0.4, 0.5) is 0 Å². The monoisotopic (exact) mass is 264 g/mol. The van der Waals surface area contributed by atoms with Gasteiger partial charge in [-0.1, -0.05) is 71.9 Å². The van der Waals surface area contributed by atoms with Gasteiger partial charge in [0.2, 0.25) is 0 Å². The van der Waals surface area contributed by atoms with Crippen molar-refractivity contribution in [2.24, 2.45) is 11.7 Å². The molecule has 0 aromatic heterocycles. The van der Waals surface area contributed by atoms with Crippen molar-refractivity contribution in [2.45, 2.75) is 66.1 Å². The van der Waals surface area contributed by atoms with E-state index in [0.717, 1.165) is 0 Å². The van der Waals surface area contributed by atoms with Crippen LogP contribution in [-0.2, 0) is 5.54 Å². The van der Waals surface area contributed by atoms with Crippen molar-refractivity contribution in [3.8, 4) is 0 Å². The lowest BCUT2D eigenvalue weighted by Gasteiger charge is -2.37. The van der Waals surface area contributed by atoms with E-state index in [1.807, 2.05) is 13.8 Å². The van der Waals surface area contributed by atoms with Gasteiger partial charge in [0, 0.05) is 11.6 Å². The highest BCUT2D eigenvalue weighted by molar-refractivity contribution is 5.24. The number of rotatable bonds is 4. The van der Waals surface area contributed by atoms with Gasteiger partial charge in [0.1, 0.15) is 0 Å². The molecule has 0 aliphatic carbocycles. The first-order chi connectivity index (χ1) is 8.70. The number of nitrogens with one attached hydrogen (secondary N) is 1. The smallest absolute Gasteiger partial charge is 0.0431 e. The molecule has 0 heterocycles. The van der Waals surface area contributed by atoms with Crippen LogP contribution in [-0.4, -0.2) is 12.1 Å². The Bertz CT molecular complexity index is 328. The fourth-order valence-electron chi connectivity index (χ4n) is 1.97. The molecular weight excluding hydrogens is 232 g/mol. The van der Waals surface area contributed by atoms with Crippen molar-refractivity contribution < 1.29 is 0 Å². The molecule has 0 fully saturated rings.